The Hall–Kier alpha value is -2.13. The van der Waals surface area contributed by atoms with Crippen LogP contribution >= 0.6 is 0 Å². The van der Waals surface area contributed by atoms with Crippen LogP contribution in [0.5, 0.6) is 0 Å². The van der Waals surface area contributed by atoms with Crippen LogP contribution in [0.25, 0.3) is 0 Å². The third-order valence-corrected chi connectivity index (χ3v) is 3.41. The Kier molecular flexibility index (Phi) is 2.64. The highest BCUT2D eigenvalue weighted by molar-refractivity contribution is 6.05. The number of anilines is 1. The Morgan fingerprint density at radius 3 is 2.58 bits per heavy atom. The molecule has 1 aliphatic rings. The van der Waals surface area contributed by atoms with Gasteiger partial charge in [0.15, 0.2) is 5.72 Å². The van der Waals surface area contributed by atoms with E-state index in [1.807, 2.05) is 55.5 Å². The fourth-order valence-corrected chi connectivity index (χ4v) is 2.46. The molecule has 3 heteroatoms. The standard InChI is InChI=1S/C16H16N2O/c1-11-12-7-3-5-9-14(12)18-16(2,19)13-8-4-6-10-15(13)17-11/h3-10,18-19H,1-2H3. The van der Waals surface area contributed by atoms with Crippen molar-refractivity contribution in [2.75, 3.05) is 5.32 Å². The van der Waals surface area contributed by atoms with Crippen molar-refractivity contribution in [3.05, 3.63) is 59.7 Å². The number of hydrogen-bond acceptors (Lipinski definition) is 3. The Morgan fingerprint density at radius 1 is 1.05 bits per heavy atom. The van der Waals surface area contributed by atoms with Crippen molar-refractivity contribution < 1.29 is 5.11 Å². The van der Waals surface area contributed by atoms with Gasteiger partial charge in [-0.25, -0.2) is 0 Å². The van der Waals surface area contributed by atoms with Gasteiger partial charge in [0.25, 0.3) is 0 Å². The predicted molar refractivity (Wildman–Crippen MR) is 77.9 cm³/mol. The van der Waals surface area contributed by atoms with E-state index in [4.69, 9.17) is 0 Å². The number of para-hydroxylation sites is 2. The van der Waals surface area contributed by atoms with Crippen LogP contribution in [0.4, 0.5) is 11.4 Å². The van der Waals surface area contributed by atoms with Crippen LogP contribution in [0.1, 0.15) is 25.0 Å². The fourth-order valence-electron chi connectivity index (χ4n) is 2.46. The van der Waals surface area contributed by atoms with E-state index in [-0.39, 0.29) is 0 Å². The highest BCUT2D eigenvalue weighted by Gasteiger charge is 2.28. The molecular weight excluding hydrogens is 236 g/mol. The minimum atomic E-state index is -1.14. The number of benzene rings is 2. The molecule has 0 saturated heterocycles. The summed E-state index contributed by atoms with van der Waals surface area (Å²) in [5.41, 5.74) is 3.28. The molecule has 2 N–H and O–H groups in total. The van der Waals surface area contributed by atoms with Crippen molar-refractivity contribution in [3.8, 4) is 0 Å². The first kappa shape index (κ1) is 11.9. The van der Waals surface area contributed by atoms with Gasteiger partial charge in [0.2, 0.25) is 0 Å². The SMILES string of the molecule is CC1=Nc2ccccc2C(C)(O)Nc2ccccc21. The van der Waals surface area contributed by atoms with E-state index in [0.717, 1.165) is 28.2 Å². The molecule has 3 rings (SSSR count). The minimum absolute atomic E-state index is 0.781. The molecule has 0 aliphatic carbocycles. The molecule has 0 saturated carbocycles. The number of nitrogens with zero attached hydrogens (tertiary/aromatic N) is 1. The Morgan fingerprint density at radius 2 is 1.74 bits per heavy atom. The second kappa shape index (κ2) is 4.21. The van der Waals surface area contributed by atoms with E-state index in [0.29, 0.717) is 0 Å². The van der Waals surface area contributed by atoms with E-state index >= 15 is 0 Å². The van der Waals surface area contributed by atoms with Crippen LogP contribution in [0.15, 0.2) is 53.5 Å². The third kappa shape index (κ3) is 2.02. The summed E-state index contributed by atoms with van der Waals surface area (Å²) in [7, 11) is 0. The van der Waals surface area contributed by atoms with Gasteiger partial charge in [-0.3, -0.25) is 4.99 Å². The summed E-state index contributed by atoms with van der Waals surface area (Å²) in [5, 5.41) is 13.9. The van der Waals surface area contributed by atoms with Crippen LogP contribution in [0, 0.1) is 0 Å². The Balaban J connectivity index is 2.29. The average Bonchev–Trinajstić information content (AvgIpc) is 2.38. The lowest BCUT2D eigenvalue weighted by molar-refractivity contribution is 0.0893. The molecular formula is C16H16N2O. The molecule has 1 unspecified atom stereocenters. The lowest BCUT2D eigenvalue weighted by Crippen LogP contribution is -2.33. The van der Waals surface area contributed by atoms with Crippen LogP contribution in [-0.2, 0) is 5.72 Å². The van der Waals surface area contributed by atoms with Gasteiger partial charge in [-0.05, 0) is 26.0 Å². The van der Waals surface area contributed by atoms with Crippen LogP contribution in [0.3, 0.4) is 0 Å². The third-order valence-electron chi connectivity index (χ3n) is 3.41. The molecule has 1 heterocycles. The predicted octanol–water partition coefficient (Wildman–Crippen LogP) is 3.42. The molecule has 1 aliphatic heterocycles. The summed E-state index contributed by atoms with van der Waals surface area (Å²) in [4.78, 5) is 4.65. The molecule has 3 nitrogen and oxygen atoms in total. The van der Waals surface area contributed by atoms with Crippen molar-refractivity contribution in [3.63, 3.8) is 0 Å². The monoisotopic (exact) mass is 252 g/mol. The summed E-state index contributed by atoms with van der Waals surface area (Å²) in [6, 6.07) is 15.5. The van der Waals surface area contributed by atoms with Gasteiger partial charge in [0.1, 0.15) is 0 Å². The molecule has 2 aromatic rings. The second-order valence-electron chi connectivity index (χ2n) is 4.96. The largest absolute Gasteiger partial charge is 0.367 e. The topological polar surface area (TPSA) is 44.6 Å². The zero-order valence-corrected chi connectivity index (χ0v) is 11.0. The lowest BCUT2D eigenvalue weighted by Gasteiger charge is -2.30. The zero-order chi connectivity index (χ0) is 13.5. The number of nitrogens with one attached hydrogen (secondary N) is 1. The molecule has 0 aromatic heterocycles. The summed E-state index contributed by atoms with van der Waals surface area (Å²) in [6.45, 7) is 3.73. The maximum Gasteiger partial charge on any atom is 0.161 e. The van der Waals surface area contributed by atoms with Crippen LogP contribution < -0.4 is 5.32 Å². The van der Waals surface area contributed by atoms with Crippen molar-refractivity contribution in [2.45, 2.75) is 19.6 Å². The van der Waals surface area contributed by atoms with Gasteiger partial charge in [-0.15, -0.1) is 0 Å². The van der Waals surface area contributed by atoms with Gasteiger partial charge < -0.3 is 10.4 Å². The number of rotatable bonds is 0. The van der Waals surface area contributed by atoms with Gasteiger partial charge in [-0.2, -0.15) is 0 Å². The Bertz CT molecular complexity index is 659. The number of fused-ring (bicyclic) bond motifs is 2. The number of aliphatic hydroxyl groups is 1. The van der Waals surface area contributed by atoms with Gasteiger partial charge >= 0.3 is 0 Å². The molecule has 0 bridgehead atoms. The normalized spacial score (nSPS) is 21.3. The summed E-state index contributed by atoms with van der Waals surface area (Å²) < 4.78 is 0. The number of hydrogen-bond donors (Lipinski definition) is 2. The summed E-state index contributed by atoms with van der Waals surface area (Å²) in [6.07, 6.45) is 0. The first-order chi connectivity index (χ1) is 9.08. The molecule has 1 atom stereocenters. The van der Waals surface area contributed by atoms with Gasteiger partial charge in [-0.1, -0.05) is 36.4 Å². The first-order valence-electron chi connectivity index (χ1n) is 6.33. The lowest BCUT2D eigenvalue weighted by atomic mass is 9.98. The molecule has 96 valence electrons. The van der Waals surface area contributed by atoms with Crippen molar-refractivity contribution in [1.29, 1.82) is 0 Å². The van der Waals surface area contributed by atoms with Crippen molar-refractivity contribution in [2.24, 2.45) is 4.99 Å². The van der Waals surface area contributed by atoms with E-state index in [1.165, 1.54) is 0 Å². The fraction of sp³-hybridized carbons (Fsp3) is 0.188. The van der Waals surface area contributed by atoms with Crippen molar-refractivity contribution >= 4 is 17.1 Å². The maximum atomic E-state index is 10.7. The van der Waals surface area contributed by atoms with Crippen LogP contribution in [-0.4, -0.2) is 10.8 Å². The van der Waals surface area contributed by atoms with Crippen molar-refractivity contribution in [1.82, 2.24) is 0 Å². The molecule has 0 amide bonds. The average molecular weight is 252 g/mol. The first-order valence-corrected chi connectivity index (χ1v) is 6.33. The van der Waals surface area contributed by atoms with E-state index in [1.54, 1.807) is 6.92 Å². The molecule has 2 aromatic carbocycles. The zero-order valence-electron chi connectivity index (χ0n) is 11.0. The number of aliphatic imine (C=N–C) groups is 1. The smallest absolute Gasteiger partial charge is 0.161 e. The molecule has 19 heavy (non-hydrogen) atoms. The highest BCUT2D eigenvalue weighted by Crippen LogP contribution is 2.35. The van der Waals surface area contributed by atoms with Crippen LogP contribution in [0.2, 0.25) is 0 Å². The van der Waals surface area contributed by atoms with E-state index in [9.17, 15) is 5.11 Å². The Labute approximate surface area is 112 Å². The van der Waals surface area contributed by atoms with E-state index < -0.39 is 5.72 Å². The van der Waals surface area contributed by atoms with Gasteiger partial charge in [0.05, 0.1) is 5.69 Å². The quantitative estimate of drug-likeness (QED) is 0.754. The van der Waals surface area contributed by atoms with E-state index in [2.05, 4.69) is 10.3 Å². The summed E-state index contributed by atoms with van der Waals surface area (Å²) >= 11 is 0. The summed E-state index contributed by atoms with van der Waals surface area (Å²) in [5.74, 6) is 0. The maximum absolute atomic E-state index is 10.7. The highest BCUT2D eigenvalue weighted by atomic mass is 16.3. The second-order valence-corrected chi connectivity index (χ2v) is 4.96. The molecule has 0 radical (unpaired) electrons. The molecule has 0 spiro atoms. The molecule has 0 fully saturated rings. The van der Waals surface area contributed by atoms with Gasteiger partial charge in [0, 0.05) is 22.5 Å². The minimum Gasteiger partial charge on any atom is -0.367 e.